The summed E-state index contributed by atoms with van der Waals surface area (Å²) in [5.74, 6) is 0. The number of rotatable bonds is 1. The Balaban J connectivity index is 1.97. The summed E-state index contributed by atoms with van der Waals surface area (Å²) in [6, 6.07) is 0. The van der Waals surface area contributed by atoms with Crippen molar-refractivity contribution in [2.75, 3.05) is 6.61 Å². The Hall–Kier alpha value is 1.30. The third-order valence-corrected chi connectivity index (χ3v) is 0.874. The molecule has 25 valence electrons. The molecule has 0 radical (unpaired) electrons. The molecule has 0 aromatic heterocycles. The molecular formula is C2H5OSm. The monoisotopic (exact) mass is 197 g/mol. The van der Waals surface area contributed by atoms with E-state index in [1.54, 1.807) is 0 Å². The Kier molecular flexibility index (Phi) is 5.69. The van der Waals surface area contributed by atoms with E-state index in [1.807, 2.05) is 6.92 Å². The van der Waals surface area contributed by atoms with Gasteiger partial charge in [0.2, 0.25) is 0 Å². The fourth-order valence-electron chi connectivity index (χ4n) is 0. The van der Waals surface area contributed by atoms with Gasteiger partial charge in [0.1, 0.15) is 0 Å². The summed E-state index contributed by atoms with van der Waals surface area (Å²) in [4.78, 5) is 0. The molecular weight excluding hydrogens is 190 g/mol. The summed E-state index contributed by atoms with van der Waals surface area (Å²) in [7, 11) is 0. The van der Waals surface area contributed by atoms with Gasteiger partial charge in [-0.15, -0.1) is 0 Å². The zero-order valence-electron chi connectivity index (χ0n) is 2.52. The van der Waals surface area contributed by atoms with Crippen LogP contribution in [0.4, 0.5) is 0 Å². The van der Waals surface area contributed by atoms with Gasteiger partial charge in [0.05, 0.1) is 0 Å². The zero-order valence-corrected chi connectivity index (χ0v) is 5.14. The second-order valence-corrected chi connectivity index (χ2v) is 1.16. The van der Waals surface area contributed by atoms with E-state index in [2.05, 4.69) is 1.12 Å². The van der Waals surface area contributed by atoms with Gasteiger partial charge in [0.15, 0.2) is 0 Å². The Bertz CT molecular complexity index is 8.00. The molecule has 0 atom stereocenters. The molecule has 0 aliphatic heterocycles. The van der Waals surface area contributed by atoms with Gasteiger partial charge in [0.25, 0.3) is 0 Å². The van der Waals surface area contributed by atoms with Crippen LogP contribution in [-0.2, 0) is 1.12 Å². The van der Waals surface area contributed by atoms with E-state index in [0.29, 0.717) is 0 Å². The molecule has 0 saturated carbocycles. The second-order valence-electron chi connectivity index (χ2n) is 0.407. The van der Waals surface area contributed by atoms with Crippen molar-refractivity contribution in [3.63, 3.8) is 0 Å². The average Bonchev–Trinajstić information content (AvgIpc) is 1.37. The normalized spacial score (nSPS) is 7.25. The summed E-state index contributed by atoms with van der Waals surface area (Å²) in [5.41, 5.74) is 0. The van der Waals surface area contributed by atoms with Crippen molar-refractivity contribution >= 4 is 0 Å². The van der Waals surface area contributed by atoms with Gasteiger partial charge in [-0.05, 0) is 0 Å². The standard InChI is InChI=1S/C2H5O.Sm/c1-2-3;/h2H2,1H3;/q-1;+1. The van der Waals surface area contributed by atoms with Crippen LogP contribution in [0.5, 0.6) is 0 Å². The summed E-state index contributed by atoms with van der Waals surface area (Å²) in [6.07, 6.45) is 0. The minimum atomic E-state index is 0.856. The van der Waals surface area contributed by atoms with Crippen molar-refractivity contribution in [3.05, 3.63) is 0 Å². The molecule has 0 unspecified atom stereocenters. The summed E-state index contributed by atoms with van der Waals surface area (Å²) in [5, 5.41) is 0. The van der Waals surface area contributed by atoms with Crippen LogP contribution in [0.2, 0.25) is 0 Å². The fourth-order valence-corrected chi connectivity index (χ4v) is 0. The van der Waals surface area contributed by atoms with E-state index in [1.165, 1.54) is 38.9 Å². The predicted octanol–water partition coefficient (Wildman–Crippen LogP) is 0.487. The van der Waals surface area contributed by atoms with Crippen LogP contribution in [0.25, 0.3) is 0 Å². The van der Waals surface area contributed by atoms with Crippen molar-refractivity contribution in [2.45, 2.75) is 6.92 Å². The molecule has 0 rings (SSSR count). The first-order valence-corrected chi connectivity index (χ1v) is 2.23. The Morgan fingerprint density at radius 2 is 2.25 bits per heavy atom. The van der Waals surface area contributed by atoms with E-state index < -0.39 is 0 Å². The van der Waals surface area contributed by atoms with Crippen LogP contribution in [0, 0.1) is 38.9 Å². The van der Waals surface area contributed by atoms with Crippen molar-refractivity contribution in [1.82, 2.24) is 0 Å². The van der Waals surface area contributed by atoms with Gasteiger partial charge in [-0.3, -0.25) is 0 Å². The third-order valence-electron chi connectivity index (χ3n) is 0.118. The van der Waals surface area contributed by atoms with Crippen LogP contribution in [0.15, 0.2) is 0 Å². The SMILES string of the molecule is CC[O][Sm]. The van der Waals surface area contributed by atoms with Crippen LogP contribution in [-0.4, -0.2) is 6.61 Å². The third kappa shape index (κ3) is 3.30. The van der Waals surface area contributed by atoms with Gasteiger partial charge in [-0.25, -0.2) is 0 Å². The Morgan fingerprint density at radius 1 is 2.00 bits per heavy atom. The maximum atomic E-state index is 4.62. The molecule has 0 aromatic carbocycles. The van der Waals surface area contributed by atoms with E-state index in [9.17, 15) is 0 Å². The fraction of sp³-hybridized carbons (Fsp3) is 1.00. The molecule has 0 spiro atoms. The van der Waals surface area contributed by atoms with Gasteiger partial charge in [-0.2, -0.15) is 0 Å². The number of hydrogen-bond acceptors (Lipinski definition) is 1. The van der Waals surface area contributed by atoms with Gasteiger partial charge < -0.3 is 0 Å². The van der Waals surface area contributed by atoms with Gasteiger partial charge in [-0.1, -0.05) is 0 Å². The first kappa shape index (κ1) is 5.30. The quantitative estimate of drug-likeness (QED) is 0.592. The molecule has 0 heterocycles. The maximum absolute atomic E-state index is 4.62. The molecule has 1 nitrogen and oxygen atoms in total. The van der Waals surface area contributed by atoms with Crippen molar-refractivity contribution in [3.8, 4) is 0 Å². The van der Waals surface area contributed by atoms with Gasteiger partial charge >= 0.3 is 53.6 Å². The van der Waals surface area contributed by atoms with Crippen LogP contribution in [0.1, 0.15) is 6.92 Å². The average molecular weight is 195 g/mol. The topological polar surface area (TPSA) is 9.23 Å². The molecule has 0 amide bonds. The predicted molar refractivity (Wildman–Crippen MR) is 11.6 cm³/mol. The van der Waals surface area contributed by atoms with Crippen molar-refractivity contribution in [2.24, 2.45) is 0 Å². The van der Waals surface area contributed by atoms with E-state index >= 15 is 0 Å². The number of hydrogen-bond donors (Lipinski definition) is 0. The Labute approximate surface area is 53.1 Å². The molecule has 0 aliphatic carbocycles. The first-order valence-electron chi connectivity index (χ1n) is 1.16. The van der Waals surface area contributed by atoms with Crippen LogP contribution in [0.3, 0.4) is 0 Å². The van der Waals surface area contributed by atoms with Crippen LogP contribution >= 0.6 is 0 Å². The van der Waals surface area contributed by atoms with Crippen molar-refractivity contribution in [1.29, 1.82) is 0 Å². The molecule has 0 fully saturated rings. The van der Waals surface area contributed by atoms with Crippen LogP contribution < -0.4 is 0 Å². The minimum absolute atomic E-state index is 0.856. The molecule has 4 heavy (non-hydrogen) atoms. The molecule has 0 bridgehead atoms. The molecule has 0 N–H and O–H groups in total. The summed E-state index contributed by atoms with van der Waals surface area (Å²) >= 11 is 1.21. The van der Waals surface area contributed by atoms with E-state index in [-0.39, 0.29) is 0 Å². The van der Waals surface area contributed by atoms with E-state index in [4.69, 9.17) is 0 Å². The Morgan fingerprint density at radius 3 is 2.25 bits per heavy atom. The molecule has 0 saturated heterocycles. The first-order chi connectivity index (χ1) is 1.91. The summed E-state index contributed by atoms with van der Waals surface area (Å²) < 4.78 is 4.62. The molecule has 2 heteroatoms. The molecule has 0 aliphatic rings. The second kappa shape index (κ2) is 4.30. The molecule has 0 aromatic rings. The zero-order chi connectivity index (χ0) is 3.41. The van der Waals surface area contributed by atoms with E-state index in [0.717, 1.165) is 6.61 Å². The van der Waals surface area contributed by atoms with Gasteiger partial charge in [0, 0.05) is 0 Å². The summed E-state index contributed by atoms with van der Waals surface area (Å²) in [6.45, 7) is 2.84. The van der Waals surface area contributed by atoms with Crippen molar-refractivity contribution < 1.29 is 40.0 Å².